The molecule has 1 heterocycles. The van der Waals surface area contributed by atoms with Crippen LogP contribution in [0.15, 0.2) is 24.3 Å². The predicted octanol–water partition coefficient (Wildman–Crippen LogP) is 0.855. The van der Waals surface area contributed by atoms with Crippen LogP contribution in [0.1, 0.15) is 6.92 Å². The molecule has 88 valence electrons. The molecule has 4 nitrogen and oxygen atoms in total. The van der Waals surface area contributed by atoms with Crippen LogP contribution in [0.3, 0.4) is 0 Å². The van der Waals surface area contributed by atoms with Crippen molar-refractivity contribution >= 4 is 11.4 Å². The Labute approximate surface area is 95.6 Å². The van der Waals surface area contributed by atoms with E-state index in [0.717, 1.165) is 11.4 Å². The number of hydrogen-bond donors (Lipinski definition) is 2. The Morgan fingerprint density at radius 1 is 1.44 bits per heavy atom. The van der Waals surface area contributed by atoms with E-state index in [9.17, 15) is 5.11 Å². The summed E-state index contributed by atoms with van der Waals surface area (Å²) in [6.07, 6.45) is -0.538. The maximum absolute atomic E-state index is 9.84. The van der Waals surface area contributed by atoms with Crippen LogP contribution in [0.5, 0.6) is 0 Å². The van der Waals surface area contributed by atoms with Crippen molar-refractivity contribution in [3.63, 3.8) is 0 Å². The Hall–Kier alpha value is -1.26. The molecule has 3 N–H and O–H groups in total. The van der Waals surface area contributed by atoms with Gasteiger partial charge in [-0.25, -0.2) is 0 Å². The van der Waals surface area contributed by atoms with Crippen LogP contribution in [0.4, 0.5) is 11.4 Å². The molecule has 1 fully saturated rings. The Bertz CT molecular complexity index is 357. The highest BCUT2D eigenvalue weighted by atomic mass is 16.5. The van der Waals surface area contributed by atoms with E-state index >= 15 is 0 Å². The van der Waals surface area contributed by atoms with Gasteiger partial charge in [-0.2, -0.15) is 0 Å². The molecule has 0 saturated carbocycles. The van der Waals surface area contributed by atoms with Crippen molar-refractivity contribution in [2.75, 3.05) is 30.3 Å². The largest absolute Gasteiger partial charge is 0.397 e. The van der Waals surface area contributed by atoms with Gasteiger partial charge in [0.05, 0.1) is 17.5 Å². The molecule has 16 heavy (non-hydrogen) atoms. The number of nitrogens with zero attached hydrogens (tertiary/aromatic N) is 1. The topological polar surface area (TPSA) is 58.7 Å². The van der Waals surface area contributed by atoms with E-state index < -0.39 is 6.10 Å². The molecule has 1 saturated heterocycles. The minimum absolute atomic E-state index is 0.107. The SMILES string of the molecule is CCO[C@H]1CN(c2ccccc2N)C[C@H]1O. The smallest absolute Gasteiger partial charge is 0.102 e. The monoisotopic (exact) mass is 222 g/mol. The molecule has 0 amide bonds. The lowest BCUT2D eigenvalue weighted by molar-refractivity contribution is -0.00189. The minimum Gasteiger partial charge on any atom is -0.397 e. The summed E-state index contributed by atoms with van der Waals surface area (Å²) in [4.78, 5) is 2.07. The second-order valence-corrected chi connectivity index (χ2v) is 4.02. The van der Waals surface area contributed by atoms with Gasteiger partial charge in [-0.3, -0.25) is 0 Å². The first-order valence-electron chi connectivity index (χ1n) is 5.61. The van der Waals surface area contributed by atoms with Crippen molar-refractivity contribution in [1.29, 1.82) is 0 Å². The molecule has 0 radical (unpaired) electrons. The third-order valence-corrected chi connectivity index (χ3v) is 2.90. The molecular formula is C12H18N2O2. The van der Waals surface area contributed by atoms with Gasteiger partial charge in [0, 0.05) is 19.7 Å². The number of anilines is 2. The van der Waals surface area contributed by atoms with Gasteiger partial charge in [-0.1, -0.05) is 12.1 Å². The Morgan fingerprint density at radius 2 is 2.19 bits per heavy atom. The zero-order valence-corrected chi connectivity index (χ0v) is 9.47. The lowest BCUT2D eigenvalue weighted by Gasteiger charge is -2.19. The van der Waals surface area contributed by atoms with Crippen LogP contribution in [-0.2, 0) is 4.74 Å². The molecular weight excluding hydrogens is 204 g/mol. The number of aliphatic hydroxyl groups is 1. The van der Waals surface area contributed by atoms with E-state index in [4.69, 9.17) is 10.5 Å². The van der Waals surface area contributed by atoms with Crippen molar-refractivity contribution in [3.05, 3.63) is 24.3 Å². The average Bonchev–Trinajstić information content (AvgIpc) is 2.61. The predicted molar refractivity (Wildman–Crippen MR) is 64.5 cm³/mol. The summed E-state index contributed by atoms with van der Waals surface area (Å²) in [6.45, 7) is 3.84. The number of rotatable bonds is 3. The molecule has 2 rings (SSSR count). The molecule has 0 aliphatic carbocycles. The number of benzene rings is 1. The Balaban J connectivity index is 2.11. The summed E-state index contributed by atoms with van der Waals surface area (Å²) in [5, 5.41) is 9.84. The zero-order valence-electron chi connectivity index (χ0n) is 9.47. The fraction of sp³-hybridized carbons (Fsp3) is 0.500. The number of nitrogen functional groups attached to an aromatic ring is 1. The van der Waals surface area contributed by atoms with Crippen molar-refractivity contribution in [1.82, 2.24) is 0 Å². The van der Waals surface area contributed by atoms with Crippen molar-refractivity contribution < 1.29 is 9.84 Å². The normalized spacial score (nSPS) is 25.0. The summed E-state index contributed by atoms with van der Waals surface area (Å²) in [6, 6.07) is 7.70. The molecule has 2 atom stereocenters. The highest BCUT2D eigenvalue weighted by Crippen LogP contribution is 2.27. The van der Waals surface area contributed by atoms with E-state index in [1.807, 2.05) is 31.2 Å². The van der Waals surface area contributed by atoms with E-state index in [1.54, 1.807) is 0 Å². The third-order valence-electron chi connectivity index (χ3n) is 2.90. The van der Waals surface area contributed by atoms with Gasteiger partial charge in [0.1, 0.15) is 6.10 Å². The fourth-order valence-electron chi connectivity index (χ4n) is 2.11. The molecule has 1 aromatic carbocycles. The van der Waals surface area contributed by atoms with Gasteiger partial charge in [0.15, 0.2) is 0 Å². The van der Waals surface area contributed by atoms with Crippen molar-refractivity contribution in [2.45, 2.75) is 19.1 Å². The molecule has 0 spiro atoms. The highest BCUT2D eigenvalue weighted by molar-refractivity contribution is 5.67. The van der Waals surface area contributed by atoms with Crippen molar-refractivity contribution in [3.8, 4) is 0 Å². The van der Waals surface area contributed by atoms with Crippen molar-refractivity contribution in [2.24, 2.45) is 0 Å². The van der Waals surface area contributed by atoms with E-state index in [1.165, 1.54) is 0 Å². The molecule has 4 heteroatoms. The minimum atomic E-state index is -0.431. The molecule has 0 unspecified atom stereocenters. The van der Waals surface area contributed by atoms with Gasteiger partial charge in [0.2, 0.25) is 0 Å². The number of ether oxygens (including phenoxy) is 1. The Morgan fingerprint density at radius 3 is 2.88 bits per heavy atom. The number of para-hydroxylation sites is 2. The van der Waals surface area contributed by atoms with E-state index in [0.29, 0.717) is 19.7 Å². The van der Waals surface area contributed by atoms with E-state index in [2.05, 4.69) is 4.90 Å². The van der Waals surface area contributed by atoms with Crippen LogP contribution in [-0.4, -0.2) is 37.0 Å². The molecule has 0 aromatic heterocycles. The second kappa shape index (κ2) is 4.72. The quantitative estimate of drug-likeness (QED) is 0.745. The lowest BCUT2D eigenvalue weighted by Crippen LogP contribution is -2.26. The van der Waals surface area contributed by atoms with Crippen LogP contribution in [0.25, 0.3) is 0 Å². The summed E-state index contributed by atoms with van der Waals surface area (Å²) in [5.74, 6) is 0. The molecule has 1 aliphatic heterocycles. The van der Waals surface area contributed by atoms with E-state index in [-0.39, 0.29) is 6.10 Å². The summed E-state index contributed by atoms with van der Waals surface area (Å²) < 4.78 is 5.47. The fourth-order valence-corrected chi connectivity index (χ4v) is 2.11. The molecule has 1 aliphatic rings. The van der Waals surface area contributed by atoms with Crippen LogP contribution in [0.2, 0.25) is 0 Å². The first kappa shape index (κ1) is 11.2. The number of aliphatic hydroxyl groups excluding tert-OH is 1. The van der Waals surface area contributed by atoms with Crippen LogP contribution in [0, 0.1) is 0 Å². The standard InChI is InChI=1S/C12H18N2O2/c1-2-16-12-8-14(7-11(12)15)10-6-4-3-5-9(10)13/h3-6,11-12,15H,2,7-8,13H2,1H3/t11-,12+/m1/s1. The average molecular weight is 222 g/mol. The maximum Gasteiger partial charge on any atom is 0.102 e. The van der Waals surface area contributed by atoms with Crippen LogP contribution >= 0.6 is 0 Å². The Kier molecular flexibility index (Phi) is 3.31. The number of nitrogens with two attached hydrogens (primary N) is 1. The molecule has 0 bridgehead atoms. The summed E-state index contributed by atoms with van der Waals surface area (Å²) >= 11 is 0. The maximum atomic E-state index is 9.84. The van der Waals surface area contributed by atoms with Crippen LogP contribution < -0.4 is 10.6 Å². The number of hydrogen-bond acceptors (Lipinski definition) is 4. The van der Waals surface area contributed by atoms with Gasteiger partial charge in [-0.05, 0) is 19.1 Å². The van der Waals surface area contributed by atoms with Gasteiger partial charge >= 0.3 is 0 Å². The first-order valence-corrected chi connectivity index (χ1v) is 5.61. The highest BCUT2D eigenvalue weighted by Gasteiger charge is 2.32. The zero-order chi connectivity index (χ0) is 11.5. The number of β-amino-alcohol motifs (C(OH)–C–C–N with tert-alkyl or cyclic N) is 1. The summed E-state index contributed by atoms with van der Waals surface area (Å²) in [5.41, 5.74) is 7.62. The third kappa shape index (κ3) is 2.13. The first-order chi connectivity index (χ1) is 7.72. The van der Waals surface area contributed by atoms with Gasteiger partial charge in [-0.15, -0.1) is 0 Å². The second-order valence-electron chi connectivity index (χ2n) is 4.02. The van der Waals surface area contributed by atoms with Gasteiger partial charge in [0.25, 0.3) is 0 Å². The summed E-state index contributed by atoms with van der Waals surface area (Å²) in [7, 11) is 0. The molecule has 1 aromatic rings. The lowest BCUT2D eigenvalue weighted by atomic mass is 10.2. The van der Waals surface area contributed by atoms with Gasteiger partial charge < -0.3 is 20.5 Å².